The lowest BCUT2D eigenvalue weighted by Gasteiger charge is -2.13. The van der Waals surface area contributed by atoms with Gasteiger partial charge in [0.1, 0.15) is 17.5 Å². The van der Waals surface area contributed by atoms with Crippen LogP contribution < -0.4 is 5.32 Å². The molecule has 0 aliphatic carbocycles. The molecule has 0 aliphatic heterocycles. The first-order valence-corrected chi connectivity index (χ1v) is 8.68. The fourth-order valence-corrected chi connectivity index (χ4v) is 2.94. The second kappa shape index (κ2) is 6.96. The summed E-state index contributed by atoms with van der Waals surface area (Å²) in [6, 6.07) is 18.6. The first kappa shape index (κ1) is 16.3. The molecule has 0 amide bonds. The van der Waals surface area contributed by atoms with E-state index < -0.39 is 0 Å². The monoisotopic (exact) mass is 344 g/mol. The first-order valence-electron chi connectivity index (χ1n) is 8.68. The Balaban J connectivity index is 1.60. The highest BCUT2D eigenvalue weighted by molar-refractivity contribution is 5.93. The van der Waals surface area contributed by atoms with Gasteiger partial charge in [0.15, 0.2) is 5.82 Å². The van der Waals surface area contributed by atoms with Crippen molar-refractivity contribution in [2.45, 2.75) is 19.8 Å². The Labute approximate surface area is 152 Å². The number of aromatic nitrogens is 3. The molecule has 2 aromatic carbocycles. The maximum atomic E-state index is 5.57. The van der Waals surface area contributed by atoms with Crippen LogP contribution in [0.3, 0.4) is 0 Å². The van der Waals surface area contributed by atoms with Crippen molar-refractivity contribution in [3.63, 3.8) is 0 Å². The molecule has 4 rings (SSSR count). The highest BCUT2D eigenvalue weighted by Crippen LogP contribution is 2.29. The molecule has 26 heavy (non-hydrogen) atoms. The van der Waals surface area contributed by atoms with E-state index in [1.54, 1.807) is 6.33 Å². The maximum Gasteiger partial charge on any atom is 0.228 e. The molecule has 0 radical (unpaired) electrons. The normalized spacial score (nSPS) is 12.2. The third-order valence-corrected chi connectivity index (χ3v) is 4.53. The number of hydrogen-bond acceptors (Lipinski definition) is 5. The number of rotatable bonds is 5. The molecule has 5 nitrogen and oxygen atoms in total. The van der Waals surface area contributed by atoms with E-state index in [0.29, 0.717) is 17.3 Å². The van der Waals surface area contributed by atoms with Gasteiger partial charge < -0.3 is 9.84 Å². The molecule has 2 heterocycles. The van der Waals surface area contributed by atoms with E-state index >= 15 is 0 Å². The summed E-state index contributed by atoms with van der Waals surface area (Å²) in [6.07, 6.45) is 1.55. The van der Waals surface area contributed by atoms with Gasteiger partial charge in [0, 0.05) is 12.1 Å². The zero-order valence-electron chi connectivity index (χ0n) is 14.8. The Morgan fingerprint density at radius 2 is 1.77 bits per heavy atom. The molecule has 4 aromatic rings. The first-order chi connectivity index (χ1) is 12.7. The Morgan fingerprint density at radius 1 is 1.00 bits per heavy atom. The number of hydrogen-bond donors (Lipinski definition) is 1. The Hall–Kier alpha value is -3.21. The highest BCUT2D eigenvalue weighted by atomic mass is 16.5. The molecule has 0 aliphatic rings. The van der Waals surface area contributed by atoms with Crippen LogP contribution in [-0.4, -0.2) is 21.7 Å². The molecule has 5 heteroatoms. The summed E-state index contributed by atoms with van der Waals surface area (Å²) >= 11 is 0. The molecular formula is C21H20N4O. The van der Waals surface area contributed by atoms with E-state index in [4.69, 9.17) is 4.52 Å². The SMILES string of the molecule is Cc1ccc(-c2noc3c(NCC(C)c4ccccc4)ncnc23)cc1. The van der Waals surface area contributed by atoms with Crippen molar-refractivity contribution in [2.75, 3.05) is 11.9 Å². The molecule has 1 unspecified atom stereocenters. The van der Waals surface area contributed by atoms with Crippen molar-refractivity contribution in [1.29, 1.82) is 0 Å². The predicted molar refractivity (Wildman–Crippen MR) is 103 cm³/mol. The van der Waals surface area contributed by atoms with Crippen molar-refractivity contribution in [2.24, 2.45) is 0 Å². The van der Waals surface area contributed by atoms with Gasteiger partial charge in [0.2, 0.25) is 5.58 Å². The lowest BCUT2D eigenvalue weighted by Crippen LogP contribution is -2.11. The van der Waals surface area contributed by atoms with Gasteiger partial charge in [-0.15, -0.1) is 0 Å². The van der Waals surface area contributed by atoms with E-state index in [9.17, 15) is 0 Å². The van der Waals surface area contributed by atoms with Crippen molar-refractivity contribution in [3.8, 4) is 11.3 Å². The number of fused-ring (bicyclic) bond motifs is 1. The lowest BCUT2D eigenvalue weighted by atomic mass is 10.0. The second-order valence-corrected chi connectivity index (χ2v) is 6.49. The second-order valence-electron chi connectivity index (χ2n) is 6.49. The molecule has 130 valence electrons. The van der Waals surface area contributed by atoms with E-state index in [0.717, 1.165) is 23.3 Å². The minimum absolute atomic E-state index is 0.348. The van der Waals surface area contributed by atoms with Crippen LogP contribution >= 0.6 is 0 Å². The molecule has 1 N–H and O–H groups in total. The quantitative estimate of drug-likeness (QED) is 0.563. The molecule has 0 saturated carbocycles. The fraction of sp³-hybridized carbons (Fsp3) is 0.190. The molecule has 0 fully saturated rings. The number of aryl methyl sites for hydroxylation is 1. The van der Waals surface area contributed by atoms with Crippen LogP contribution in [0.25, 0.3) is 22.4 Å². The van der Waals surface area contributed by atoms with Gasteiger partial charge in [0.05, 0.1) is 0 Å². The third kappa shape index (κ3) is 3.16. The van der Waals surface area contributed by atoms with Gasteiger partial charge in [-0.3, -0.25) is 0 Å². The largest absolute Gasteiger partial charge is 0.366 e. The molecule has 0 bridgehead atoms. The number of nitrogens with zero attached hydrogens (tertiary/aromatic N) is 3. The van der Waals surface area contributed by atoms with Crippen LogP contribution in [0.15, 0.2) is 65.4 Å². The van der Waals surface area contributed by atoms with Gasteiger partial charge in [0.25, 0.3) is 0 Å². The topological polar surface area (TPSA) is 63.8 Å². The summed E-state index contributed by atoms with van der Waals surface area (Å²) in [7, 11) is 0. The predicted octanol–water partition coefficient (Wildman–Crippen LogP) is 4.81. The minimum atomic E-state index is 0.348. The zero-order chi connectivity index (χ0) is 17.9. The number of nitrogens with one attached hydrogen (secondary N) is 1. The Kier molecular flexibility index (Phi) is 4.35. The van der Waals surface area contributed by atoms with Gasteiger partial charge >= 0.3 is 0 Å². The van der Waals surface area contributed by atoms with Crippen molar-refractivity contribution in [3.05, 3.63) is 72.1 Å². The molecular weight excluding hydrogens is 324 g/mol. The van der Waals surface area contributed by atoms with E-state index in [1.165, 1.54) is 11.1 Å². The average Bonchev–Trinajstić information content (AvgIpc) is 3.12. The van der Waals surface area contributed by atoms with Crippen molar-refractivity contribution in [1.82, 2.24) is 15.1 Å². The molecule has 1 atom stereocenters. The summed E-state index contributed by atoms with van der Waals surface area (Å²) in [5, 5.41) is 7.60. The minimum Gasteiger partial charge on any atom is -0.366 e. The maximum absolute atomic E-state index is 5.57. The van der Waals surface area contributed by atoms with Gasteiger partial charge in [-0.05, 0) is 18.4 Å². The summed E-state index contributed by atoms with van der Waals surface area (Å²) in [6.45, 7) is 4.98. The summed E-state index contributed by atoms with van der Waals surface area (Å²) in [4.78, 5) is 8.72. The van der Waals surface area contributed by atoms with E-state index in [2.05, 4.69) is 70.7 Å². The molecule has 0 spiro atoms. The van der Waals surface area contributed by atoms with Crippen LogP contribution in [0.5, 0.6) is 0 Å². The standard InChI is InChI=1S/C21H20N4O/c1-14-8-10-17(11-9-14)18-19-20(26-25-18)21(24-13-23-19)22-12-15(2)16-6-4-3-5-7-16/h3-11,13,15H,12H2,1-2H3,(H,22,23,24). The fourth-order valence-electron chi connectivity index (χ4n) is 2.94. The van der Waals surface area contributed by atoms with Crippen LogP contribution in [0.2, 0.25) is 0 Å². The summed E-state index contributed by atoms with van der Waals surface area (Å²) in [5.41, 5.74) is 5.51. The van der Waals surface area contributed by atoms with Crippen molar-refractivity contribution >= 4 is 16.9 Å². The smallest absolute Gasteiger partial charge is 0.228 e. The Bertz CT molecular complexity index is 1010. The van der Waals surface area contributed by atoms with Gasteiger partial charge in [-0.1, -0.05) is 72.2 Å². The highest BCUT2D eigenvalue weighted by Gasteiger charge is 2.16. The zero-order valence-corrected chi connectivity index (χ0v) is 14.8. The van der Waals surface area contributed by atoms with Crippen LogP contribution in [0.1, 0.15) is 24.0 Å². The Morgan fingerprint density at radius 3 is 2.54 bits per heavy atom. The summed E-state index contributed by atoms with van der Waals surface area (Å²) < 4.78 is 5.57. The van der Waals surface area contributed by atoms with Crippen molar-refractivity contribution < 1.29 is 4.52 Å². The molecule has 0 saturated heterocycles. The number of benzene rings is 2. The van der Waals surface area contributed by atoms with E-state index in [-0.39, 0.29) is 0 Å². The lowest BCUT2D eigenvalue weighted by molar-refractivity contribution is 0.459. The van der Waals surface area contributed by atoms with Gasteiger partial charge in [-0.2, -0.15) is 0 Å². The number of anilines is 1. The third-order valence-electron chi connectivity index (χ3n) is 4.53. The van der Waals surface area contributed by atoms with Gasteiger partial charge in [-0.25, -0.2) is 9.97 Å². The van der Waals surface area contributed by atoms with Crippen LogP contribution in [0.4, 0.5) is 5.82 Å². The van der Waals surface area contributed by atoms with E-state index in [1.807, 2.05) is 18.2 Å². The summed E-state index contributed by atoms with van der Waals surface area (Å²) in [5.74, 6) is 1.02. The molecule has 2 aromatic heterocycles. The van der Waals surface area contributed by atoms with Crippen LogP contribution in [0, 0.1) is 6.92 Å². The van der Waals surface area contributed by atoms with Crippen LogP contribution in [-0.2, 0) is 0 Å². The average molecular weight is 344 g/mol.